The molecule has 430 valence electrons. The van der Waals surface area contributed by atoms with E-state index in [9.17, 15) is 33.9 Å². The van der Waals surface area contributed by atoms with E-state index in [4.69, 9.17) is 54.2 Å². The minimum absolute atomic E-state index is 0.0275. The van der Waals surface area contributed by atoms with E-state index in [0.29, 0.717) is 77.1 Å². The van der Waals surface area contributed by atoms with Gasteiger partial charge < -0.3 is 68.2 Å². The number of ether oxygens (including phenoxy) is 9. The number of nitrogens with zero attached hydrogens (tertiary/aromatic N) is 2. The summed E-state index contributed by atoms with van der Waals surface area (Å²) < 4.78 is 50.9. The van der Waals surface area contributed by atoms with E-state index in [0.717, 1.165) is 43.2 Å². The Balaban J connectivity index is 0.998. The molecule has 5 rings (SSSR count). The van der Waals surface area contributed by atoms with E-state index in [-0.39, 0.29) is 61.8 Å². The number of epoxide rings is 1. The molecule has 4 N–H and O–H groups in total. The molecule has 0 spiro atoms. The second-order valence-electron chi connectivity index (χ2n) is 20.0. The van der Waals surface area contributed by atoms with E-state index >= 15 is 0 Å². The number of hydrogen-bond donors (Lipinski definition) is 4. The summed E-state index contributed by atoms with van der Waals surface area (Å²) in [5, 5.41) is 20.0. The molecule has 0 saturated carbocycles. The van der Waals surface area contributed by atoms with Crippen LogP contribution in [0.1, 0.15) is 97.5 Å². The summed E-state index contributed by atoms with van der Waals surface area (Å²) in [5.41, 5.74) is 0.498. The summed E-state index contributed by atoms with van der Waals surface area (Å²) in [5.74, 6) is -2.49. The van der Waals surface area contributed by atoms with Crippen LogP contribution in [0.4, 0.5) is 15.3 Å². The molecule has 5 amide bonds. The summed E-state index contributed by atoms with van der Waals surface area (Å²) >= 11 is 6.78. The number of rotatable bonds is 24. The largest absolute Gasteiger partial charge is 0.495 e. The third kappa shape index (κ3) is 20.5. The Bertz CT molecular complexity index is 2210. The normalized spacial score (nSPS) is 26.6. The highest BCUT2D eigenvalue weighted by molar-refractivity contribution is 6.35. The van der Waals surface area contributed by atoms with Crippen molar-refractivity contribution in [2.75, 3.05) is 92.0 Å². The number of methoxy groups -OCH3 is 1. The maximum Gasteiger partial charge on any atom is 0.409 e. The Morgan fingerprint density at radius 3 is 2.32 bits per heavy atom. The number of benzene rings is 1. The number of aliphatic hydroxyl groups is 1. The molecule has 0 radical (unpaired) electrons. The van der Waals surface area contributed by atoms with E-state index in [1.54, 1.807) is 39.1 Å². The molecule has 0 aromatic heterocycles. The average Bonchev–Trinajstić information content (AvgIpc) is 4.22. The highest BCUT2D eigenvalue weighted by atomic mass is 35.5. The fourth-order valence-corrected chi connectivity index (χ4v) is 9.39. The molecule has 1 aliphatic carbocycles. The molecule has 22 heteroatoms. The van der Waals surface area contributed by atoms with Gasteiger partial charge in [0.2, 0.25) is 17.7 Å². The summed E-state index contributed by atoms with van der Waals surface area (Å²) in [6, 6.07) is 2.52. The summed E-state index contributed by atoms with van der Waals surface area (Å²) in [6.07, 6.45) is 10.5. The van der Waals surface area contributed by atoms with Gasteiger partial charge >= 0.3 is 18.2 Å². The number of hydrogen-bond acceptors (Lipinski definition) is 16. The van der Waals surface area contributed by atoms with E-state index in [1.165, 1.54) is 30.9 Å². The number of carbonyl (C=O) groups is 6. The lowest BCUT2D eigenvalue weighted by Gasteiger charge is -2.41. The molecule has 4 aliphatic rings. The molecule has 3 aliphatic heterocycles. The number of carbonyl (C=O) groups excluding carboxylic acids is 6. The number of anilines is 1. The molecule has 1 aromatic carbocycles. The number of amides is 5. The number of allylic oxidation sites excluding steroid dienone is 5. The Morgan fingerprint density at radius 2 is 1.61 bits per heavy atom. The number of fused-ring (bicyclic) bond motifs is 5. The highest BCUT2D eigenvalue weighted by Crippen LogP contribution is 2.42. The van der Waals surface area contributed by atoms with Crippen molar-refractivity contribution in [3.8, 4) is 5.75 Å². The number of nitrogens with one attached hydrogen (secondary N) is 3. The fourth-order valence-electron chi connectivity index (χ4n) is 9.08. The average molecular weight is 1100 g/mol. The fraction of sp³-hybridized carbons (Fsp3) is 0.673. The first-order chi connectivity index (χ1) is 36.9. The van der Waals surface area contributed by atoms with Crippen LogP contribution >= 0.6 is 11.6 Å². The highest BCUT2D eigenvalue weighted by Gasteiger charge is 2.55. The van der Waals surface area contributed by atoms with Gasteiger partial charge in [-0.05, 0) is 76.5 Å². The van der Waals surface area contributed by atoms with Gasteiger partial charge in [0, 0.05) is 58.3 Å². The van der Waals surface area contributed by atoms with Gasteiger partial charge in [0.05, 0.1) is 78.2 Å². The van der Waals surface area contributed by atoms with Gasteiger partial charge in [-0.15, -0.1) is 0 Å². The van der Waals surface area contributed by atoms with Crippen LogP contribution in [0.2, 0.25) is 5.02 Å². The van der Waals surface area contributed by atoms with Crippen molar-refractivity contribution in [1.82, 2.24) is 20.9 Å². The van der Waals surface area contributed by atoms with Crippen LogP contribution in [0, 0.1) is 11.8 Å². The minimum Gasteiger partial charge on any atom is -0.495 e. The number of halogens is 1. The lowest BCUT2D eigenvalue weighted by molar-refractivity contribution is -0.159. The monoisotopic (exact) mass is 1100 g/mol. The van der Waals surface area contributed by atoms with Crippen molar-refractivity contribution in [3.63, 3.8) is 0 Å². The predicted molar refractivity (Wildman–Crippen MR) is 285 cm³/mol. The molecule has 3 heterocycles. The molecule has 2 unspecified atom stereocenters. The van der Waals surface area contributed by atoms with Gasteiger partial charge in [-0.2, -0.15) is 0 Å². The molecule has 1 aromatic rings. The molecule has 2 fully saturated rings. The van der Waals surface area contributed by atoms with Gasteiger partial charge in [0.25, 0.3) is 0 Å². The molecule has 9 atom stereocenters. The Hall–Kier alpha value is -5.29. The first-order valence-electron chi connectivity index (χ1n) is 26.9. The number of likely N-dealkylation sites (N-methyl/N-ethyl adjacent to an activating group) is 1. The molecular formula is C55H82ClN5O16. The predicted octanol–water partition coefficient (Wildman–Crippen LogP) is 5.71. The first-order valence-corrected chi connectivity index (χ1v) is 27.2. The topological polar surface area (TPSA) is 252 Å². The van der Waals surface area contributed by atoms with Crippen molar-refractivity contribution < 1.29 is 76.5 Å². The van der Waals surface area contributed by atoms with E-state index in [2.05, 4.69) is 28.1 Å². The SMILES string of the molecule is COc1cc2cc(c1Cl)N(C)C(=O)C[C@H](OC(=O)[C@H](C)N(C)C(=O)CCCNC(=O)CCOCCOCCOCCOCCNC(=O)OC1CC/C=C/CCC1)[C@@H]1OC1[C@H](C)[C@@H]1C[C@@](O)(NC(=O)O1)[C@H](C)/C=C/C=C(\C)C2. The smallest absolute Gasteiger partial charge is 0.409 e. The standard InChI is InChI=1S/C55H82ClN5O16/c1-36-15-13-16-37(2)55(68)35-45(76-54(67)59-55)38(3)50-51(77-50)44(34-48(64)61(6)42-32-40(31-36)33-43(69-7)49(42)56)75-52(65)39(4)60(5)47(63)19-14-21-57-46(62)20-23-70-25-27-72-29-30-73-28-26-71-24-22-58-53(66)74-41-17-11-9-8-10-12-18-41/h8-9,13,15-16,32-33,37-39,41,44-45,50-51,68H,10-12,14,17-31,34-35H2,1-7H3,(H,57,62)(H,58,66)(H,59,67)/b9-8+,16-13+,36-15+/t37-,38-,39+,41?,44+,45+,50?,51+,55+/m1/s1. The number of esters is 1. The first kappa shape index (κ1) is 62.6. The van der Waals surface area contributed by atoms with E-state index in [1.807, 2.05) is 19.1 Å². The van der Waals surface area contributed by atoms with Crippen LogP contribution in [0.3, 0.4) is 0 Å². The summed E-state index contributed by atoms with van der Waals surface area (Å²) in [7, 11) is 4.52. The zero-order valence-electron chi connectivity index (χ0n) is 45.9. The van der Waals surface area contributed by atoms with Crippen LogP contribution in [-0.2, 0) is 63.5 Å². The minimum atomic E-state index is -1.64. The Morgan fingerprint density at radius 1 is 0.922 bits per heavy atom. The summed E-state index contributed by atoms with van der Waals surface area (Å²) in [6.45, 7) is 10.3. The van der Waals surface area contributed by atoms with Gasteiger partial charge in [0.15, 0.2) is 0 Å². The van der Waals surface area contributed by atoms with Crippen molar-refractivity contribution in [2.24, 2.45) is 11.8 Å². The third-order valence-electron chi connectivity index (χ3n) is 14.1. The zero-order chi connectivity index (χ0) is 55.9. The number of alkyl carbamates (subject to hydrolysis) is 2. The molecule has 2 saturated heterocycles. The lowest BCUT2D eigenvalue weighted by atomic mass is 9.84. The van der Waals surface area contributed by atoms with Crippen LogP contribution < -0.4 is 25.6 Å². The second kappa shape index (κ2) is 31.9. The van der Waals surface area contributed by atoms with Crippen molar-refractivity contribution in [1.29, 1.82) is 0 Å². The van der Waals surface area contributed by atoms with Crippen LogP contribution in [0.15, 0.2) is 48.1 Å². The van der Waals surface area contributed by atoms with Crippen molar-refractivity contribution in [2.45, 2.75) is 141 Å². The Kier molecular flexibility index (Phi) is 26.0. The van der Waals surface area contributed by atoms with Gasteiger partial charge in [0.1, 0.15) is 47.0 Å². The molecular weight excluding hydrogens is 1020 g/mol. The van der Waals surface area contributed by atoms with Crippen LogP contribution in [0.25, 0.3) is 0 Å². The molecule has 21 nitrogen and oxygen atoms in total. The third-order valence-corrected chi connectivity index (χ3v) is 14.5. The van der Waals surface area contributed by atoms with Crippen molar-refractivity contribution in [3.05, 3.63) is 58.7 Å². The van der Waals surface area contributed by atoms with Crippen LogP contribution in [-0.4, -0.2) is 175 Å². The maximum atomic E-state index is 14.2. The van der Waals surface area contributed by atoms with Gasteiger partial charge in [-0.3, -0.25) is 19.7 Å². The van der Waals surface area contributed by atoms with Crippen molar-refractivity contribution >= 4 is 53.2 Å². The second-order valence-corrected chi connectivity index (χ2v) is 20.4. The quantitative estimate of drug-likeness (QED) is 0.0318. The molecule has 77 heavy (non-hydrogen) atoms. The molecule has 4 bridgehead atoms. The zero-order valence-corrected chi connectivity index (χ0v) is 46.6. The van der Waals surface area contributed by atoms with Gasteiger partial charge in [-0.25, -0.2) is 14.4 Å². The lowest BCUT2D eigenvalue weighted by Crippen LogP contribution is -2.60. The maximum absolute atomic E-state index is 14.2. The Labute approximate surface area is 457 Å². The van der Waals surface area contributed by atoms with Gasteiger partial charge in [-0.1, -0.05) is 61.4 Å². The van der Waals surface area contributed by atoms with E-state index < -0.39 is 72.1 Å². The van der Waals surface area contributed by atoms with Crippen LogP contribution in [0.5, 0.6) is 5.75 Å². The summed E-state index contributed by atoms with van der Waals surface area (Å²) in [4.78, 5) is 81.3.